The summed E-state index contributed by atoms with van der Waals surface area (Å²) in [5, 5.41) is 0. The summed E-state index contributed by atoms with van der Waals surface area (Å²) < 4.78 is 13.2. The molecule has 1 aliphatic heterocycles. The molecule has 1 aromatic carbocycles. The summed E-state index contributed by atoms with van der Waals surface area (Å²) in [7, 11) is 0. The second-order valence-electron chi connectivity index (χ2n) is 6.72. The van der Waals surface area contributed by atoms with Crippen molar-refractivity contribution >= 4 is 5.91 Å². The minimum Gasteiger partial charge on any atom is -0.343 e. The number of benzene rings is 1. The Balaban J connectivity index is 1.79. The lowest BCUT2D eigenvalue weighted by Crippen LogP contribution is -2.43. The van der Waals surface area contributed by atoms with Crippen molar-refractivity contribution in [1.29, 1.82) is 0 Å². The van der Waals surface area contributed by atoms with Crippen LogP contribution in [0.1, 0.15) is 38.7 Å². The van der Waals surface area contributed by atoms with Crippen molar-refractivity contribution in [1.82, 2.24) is 4.90 Å². The Kier molecular flexibility index (Phi) is 5.95. The molecule has 1 heterocycles. The number of hydrogen-bond donors (Lipinski definition) is 1. The topological polar surface area (TPSA) is 46.3 Å². The second kappa shape index (κ2) is 7.73. The first kappa shape index (κ1) is 16.9. The number of hydrogen-bond acceptors (Lipinski definition) is 2. The molecule has 1 saturated heterocycles. The van der Waals surface area contributed by atoms with Gasteiger partial charge in [-0.25, -0.2) is 4.39 Å². The lowest BCUT2D eigenvalue weighted by Gasteiger charge is -2.34. The maximum atomic E-state index is 13.2. The van der Waals surface area contributed by atoms with Crippen LogP contribution in [0.15, 0.2) is 24.3 Å². The van der Waals surface area contributed by atoms with Gasteiger partial charge in [0.1, 0.15) is 5.82 Å². The molecule has 0 bridgehead atoms. The quantitative estimate of drug-likeness (QED) is 0.909. The number of rotatable bonds is 5. The third-order valence-electron chi connectivity index (χ3n) is 4.63. The Labute approximate surface area is 132 Å². The van der Waals surface area contributed by atoms with E-state index in [2.05, 4.69) is 6.92 Å². The third kappa shape index (κ3) is 4.80. The van der Waals surface area contributed by atoms with Crippen LogP contribution in [-0.2, 0) is 11.2 Å². The van der Waals surface area contributed by atoms with Crippen molar-refractivity contribution in [3.05, 3.63) is 35.6 Å². The minimum absolute atomic E-state index is 0.212. The van der Waals surface area contributed by atoms with Crippen LogP contribution in [0.3, 0.4) is 0 Å². The van der Waals surface area contributed by atoms with E-state index >= 15 is 0 Å². The van der Waals surface area contributed by atoms with Gasteiger partial charge in [-0.3, -0.25) is 4.79 Å². The first-order valence-electron chi connectivity index (χ1n) is 8.23. The summed E-state index contributed by atoms with van der Waals surface area (Å²) in [6, 6.07) is 6.84. The van der Waals surface area contributed by atoms with Crippen molar-refractivity contribution in [3.63, 3.8) is 0 Å². The lowest BCUT2D eigenvalue weighted by atomic mass is 9.90. The summed E-state index contributed by atoms with van der Waals surface area (Å²) in [4.78, 5) is 14.3. The monoisotopic (exact) mass is 306 g/mol. The fourth-order valence-electron chi connectivity index (χ4n) is 3.24. The average molecular weight is 306 g/mol. The van der Waals surface area contributed by atoms with E-state index in [1.54, 1.807) is 12.1 Å². The zero-order valence-corrected chi connectivity index (χ0v) is 13.6. The van der Waals surface area contributed by atoms with Crippen molar-refractivity contribution in [2.24, 2.45) is 17.6 Å². The first-order chi connectivity index (χ1) is 10.5. The Morgan fingerprint density at radius 1 is 1.36 bits per heavy atom. The number of nitrogens with two attached hydrogens (primary N) is 1. The molecule has 22 heavy (non-hydrogen) atoms. The van der Waals surface area contributed by atoms with Crippen LogP contribution in [0.5, 0.6) is 0 Å². The molecule has 3 nitrogen and oxygen atoms in total. The lowest BCUT2D eigenvalue weighted by molar-refractivity contribution is -0.133. The van der Waals surface area contributed by atoms with Gasteiger partial charge in [-0.2, -0.15) is 0 Å². The summed E-state index contributed by atoms with van der Waals surface area (Å²) >= 11 is 0. The van der Waals surface area contributed by atoms with E-state index in [0.29, 0.717) is 12.3 Å². The van der Waals surface area contributed by atoms with E-state index in [1.807, 2.05) is 17.9 Å². The number of likely N-dealkylation sites (tertiary alicyclic amines) is 1. The van der Waals surface area contributed by atoms with E-state index in [9.17, 15) is 9.18 Å². The molecule has 0 saturated carbocycles. The van der Waals surface area contributed by atoms with Gasteiger partial charge in [-0.15, -0.1) is 0 Å². The van der Waals surface area contributed by atoms with Crippen LogP contribution in [0.4, 0.5) is 4.39 Å². The van der Waals surface area contributed by atoms with Gasteiger partial charge in [0, 0.05) is 25.6 Å². The summed E-state index contributed by atoms with van der Waals surface area (Å²) in [5.74, 6) is 0.759. The van der Waals surface area contributed by atoms with Crippen molar-refractivity contribution in [2.75, 3.05) is 13.1 Å². The van der Waals surface area contributed by atoms with Crippen LogP contribution in [-0.4, -0.2) is 29.9 Å². The van der Waals surface area contributed by atoms with Crippen LogP contribution < -0.4 is 5.73 Å². The first-order valence-corrected chi connectivity index (χ1v) is 8.23. The fraction of sp³-hybridized carbons (Fsp3) is 0.611. The second-order valence-corrected chi connectivity index (χ2v) is 6.72. The van der Waals surface area contributed by atoms with Crippen molar-refractivity contribution in [3.8, 4) is 0 Å². The van der Waals surface area contributed by atoms with Gasteiger partial charge in [-0.1, -0.05) is 19.1 Å². The standard InChI is InChI=1S/C18H27FN2O/c1-13(10-15-4-3-5-17(19)12-15)11-18(22)21-8-6-16(7-9-21)14(2)20/h3-5,12-14,16H,6-11,20H2,1-2H3. The molecule has 2 atom stereocenters. The Morgan fingerprint density at radius 3 is 2.64 bits per heavy atom. The number of carbonyl (C=O) groups is 1. The van der Waals surface area contributed by atoms with Crippen molar-refractivity contribution in [2.45, 2.75) is 45.6 Å². The fourth-order valence-corrected chi connectivity index (χ4v) is 3.24. The molecular formula is C18H27FN2O. The van der Waals surface area contributed by atoms with Gasteiger partial charge in [0.25, 0.3) is 0 Å². The van der Waals surface area contributed by atoms with E-state index in [1.165, 1.54) is 6.07 Å². The Bertz CT molecular complexity index is 496. The number of nitrogens with zero attached hydrogens (tertiary/aromatic N) is 1. The number of halogens is 1. The SMILES string of the molecule is CC(CC(=O)N1CCC(C(C)N)CC1)Cc1cccc(F)c1. The molecule has 1 aliphatic rings. The van der Waals surface area contributed by atoms with Gasteiger partial charge in [0.05, 0.1) is 0 Å². The highest BCUT2D eigenvalue weighted by molar-refractivity contribution is 5.76. The van der Waals surface area contributed by atoms with Gasteiger partial charge < -0.3 is 10.6 Å². The van der Waals surface area contributed by atoms with Gasteiger partial charge >= 0.3 is 0 Å². The highest BCUT2D eigenvalue weighted by Crippen LogP contribution is 2.21. The van der Waals surface area contributed by atoms with E-state index in [0.717, 1.165) is 37.9 Å². The van der Waals surface area contributed by atoms with Crippen LogP contribution in [0, 0.1) is 17.7 Å². The molecule has 2 rings (SSSR count). The van der Waals surface area contributed by atoms with Gasteiger partial charge in [0.2, 0.25) is 5.91 Å². The molecule has 2 N–H and O–H groups in total. The summed E-state index contributed by atoms with van der Waals surface area (Å²) in [5.41, 5.74) is 6.89. The molecule has 1 amide bonds. The molecule has 4 heteroatoms. The minimum atomic E-state index is -0.214. The number of amides is 1. The molecule has 0 aliphatic carbocycles. The van der Waals surface area contributed by atoms with Crippen LogP contribution >= 0.6 is 0 Å². The van der Waals surface area contributed by atoms with Crippen molar-refractivity contribution < 1.29 is 9.18 Å². The van der Waals surface area contributed by atoms with E-state index in [4.69, 9.17) is 5.73 Å². The molecular weight excluding hydrogens is 279 g/mol. The number of piperidine rings is 1. The zero-order valence-electron chi connectivity index (χ0n) is 13.6. The molecule has 0 radical (unpaired) electrons. The maximum absolute atomic E-state index is 13.2. The summed E-state index contributed by atoms with van der Waals surface area (Å²) in [6.45, 7) is 5.73. The molecule has 2 unspecified atom stereocenters. The highest BCUT2D eigenvalue weighted by Gasteiger charge is 2.25. The smallest absolute Gasteiger partial charge is 0.222 e. The number of carbonyl (C=O) groups excluding carboxylic acids is 1. The Hall–Kier alpha value is -1.42. The highest BCUT2D eigenvalue weighted by atomic mass is 19.1. The normalized spacial score (nSPS) is 19.0. The molecule has 1 aromatic rings. The molecule has 0 spiro atoms. The van der Waals surface area contributed by atoms with Crippen LogP contribution in [0.2, 0.25) is 0 Å². The predicted molar refractivity (Wildman–Crippen MR) is 86.8 cm³/mol. The van der Waals surface area contributed by atoms with Crippen LogP contribution in [0.25, 0.3) is 0 Å². The van der Waals surface area contributed by atoms with Gasteiger partial charge in [0.15, 0.2) is 0 Å². The maximum Gasteiger partial charge on any atom is 0.222 e. The van der Waals surface area contributed by atoms with Gasteiger partial charge in [-0.05, 0) is 55.7 Å². The summed E-state index contributed by atoms with van der Waals surface area (Å²) in [6.07, 6.45) is 3.27. The average Bonchev–Trinajstić information content (AvgIpc) is 2.47. The largest absolute Gasteiger partial charge is 0.343 e. The van der Waals surface area contributed by atoms with E-state index < -0.39 is 0 Å². The molecule has 1 fully saturated rings. The molecule has 0 aromatic heterocycles. The molecule has 122 valence electrons. The van der Waals surface area contributed by atoms with E-state index in [-0.39, 0.29) is 23.7 Å². The zero-order chi connectivity index (χ0) is 16.1. The Morgan fingerprint density at radius 2 is 2.05 bits per heavy atom. The third-order valence-corrected chi connectivity index (χ3v) is 4.63. The predicted octanol–water partition coefficient (Wildman–Crippen LogP) is 2.98.